The van der Waals surface area contributed by atoms with Gasteiger partial charge in [-0.15, -0.1) is 0 Å². The zero-order valence-electron chi connectivity index (χ0n) is 12.9. The number of ether oxygens (including phenoxy) is 1. The minimum atomic E-state index is -0.132. The van der Waals surface area contributed by atoms with E-state index in [4.69, 9.17) is 4.74 Å². The van der Waals surface area contributed by atoms with Crippen molar-refractivity contribution in [2.45, 2.75) is 39.3 Å². The molecule has 0 spiro atoms. The summed E-state index contributed by atoms with van der Waals surface area (Å²) in [7, 11) is 1.91. The first kappa shape index (κ1) is 15.3. The molecule has 1 aromatic rings. The highest BCUT2D eigenvalue weighted by molar-refractivity contribution is 5.58. The molecule has 0 saturated carbocycles. The van der Waals surface area contributed by atoms with Gasteiger partial charge in [0.05, 0.1) is 19.3 Å². The molecular weight excluding hydrogens is 255 g/mol. The van der Waals surface area contributed by atoms with Crippen molar-refractivity contribution in [2.75, 3.05) is 31.7 Å². The van der Waals surface area contributed by atoms with E-state index in [9.17, 15) is 4.39 Å². The summed E-state index contributed by atoms with van der Waals surface area (Å²) in [6.45, 7) is 8.42. The van der Waals surface area contributed by atoms with Gasteiger partial charge in [-0.25, -0.2) is 4.39 Å². The van der Waals surface area contributed by atoms with Gasteiger partial charge < -0.3 is 15.0 Å². The van der Waals surface area contributed by atoms with Crippen molar-refractivity contribution in [3.05, 3.63) is 29.1 Å². The molecule has 0 aliphatic carbocycles. The summed E-state index contributed by atoms with van der Waals surface area (Å²) in [5, 5.41) is 3.22. The maximum atomic E-state index is 13.9. The number of halogens is 1. The molecule has 112 valence electrons. The fourth-order valence-corrected chi connectivity index (χ4v) is 2.74. The van der Waals surface area contributed by atoms with Gasteiger partial charge in [0.2, 0.25) is 0 Å². The van der Waals surface area contributed by atoms with Crippen LogP contribution in [0.15, 0.2) is 12.1 Å². The number of aryl methyl sites for hydroxylation is 1. The van der Waals surface area contributed by atoms with Crippen LogP contribution in [-0.4, -0.2) is 32.8 Å². The van der Waals surface area contributed by atoms with Gasteiger partial charge in [-0.3, -0.25) is 0 Å². The molecule has 1 saturated heterocycles. The SMILES string of the molecule is CCC1COCCN1c1cc(C)c(F)cc1C(C)NC. The van der Waals surface area contributed by atoms with Gasteiger partial charge in [-0.05, 0) is 50.6 Å². The van der Waals surface area contributed by atoms with Crippen LogP contribution in [0.3, 0.4) is 0 Å². The third-order valence-electron chi connectivity index (χ3n) is 4.22. The van der Waals surface area contributed by atoms with Gasteiger partial charge in [-0.2, -0.15) is 0 Å². The predicted octanol–water partition coefficient (Wildman–Crippen LogP) is 3.03. The second-order valence-corrected chi connectivity index (χ2v) is 5.50. The third-order valence-corrected chi connectivity index (χ3v) is 4.22. The lowest BCUT2D eigenvalue weighted by atomic mass is 10.00. The van der Waals surface area contributed by atoms with Crippen LogP contribution in [0.25, 0.3) is 0 Å². The zero-order valence-corrected chi connectivity index (χ0v) is 12.9. The highest BCUT2D eigenvalue weighted by Gasteiger charge is 2.25. The molecule has 2 unspecified atom stereocenters. The minimum absolute atomic E-state index is 0.125. The lowest BCUT2D eigenvalue weighted by Crippen LogP contribution is -2.46. The monoisotopic (exact) mass is 280 g/mol. The quantitative estimate of drug-likeness (QED) is 0.917. The first-order valence-corrected chi connectivity index (χ1v) is 7.40. The molecule has 0 aromatic heterocycles. The molecule has 4 heteroatoms. The Kier molecular flexibility index (Phi) is 5.00. The third kappa shape index (κ3) is 2.96. The Morgan fingerprint density at radius 2 is 2.25 bits per heavy atom. The maximum Gasteiger partial charge on any atom is 0.126 e. The number of anilines is 1. The normalized spacial score (nSPS) is 21.1. The summed E-state index contributed by atoms with van der Waals surface area (Å²) in [6, 6.07) is 4.15. The van der Waals surface area contributed by atoms with Crippen LogP contribution in [0.4, 0.5) is 10.1 Å². The summed E-state index contributed by atoms with van der Waals surface area (Å²) < 4.78 is 19.5. The lowest BCUT2D eigenvalue weighted by molar-refractivity contribution is 0.0928. The lowest BCUT2D eigenvalue weighted by Gasteiger charge is -2.39. The number of benzene rings is 1. The van der Waals surface area contributed by atoms with Crippen LogP contribution >= 0.6 is 0 Å². The number of nitrogens with zero attached hydrogens (tertiary/aromatic N) is 1. The highest BCUT2D eigenvalue weighted by Crippen LogP contribution is 2.32. The van der Waals surface area contributed by atoms with Crippen LogP contribution in [0.1, 0.15) is 37.4 Å². The van der Waals surface area contributed by atoms with E-state index in [1.165, 1.54) is 0 Å². The van der Waals surface area contributed by atoms with E-state index < -0.39 is 0 Å². The van der Waals surface area contributed by atoms with Gasteiger partial charge in [0.15, 0.2) is 0 Å². The van der Waals surface area contributed by atoms with Crippen LogP contribution in [-0.2, 0) is 4.74 Å². The number of morpholine rings is 1. The molecule has 1 aromatic carbocycles. The summed E-state index contributed by atoms with van der Waals surface area (Å²) in [6.07, 6.45) is 1.03. The summed E-state index contributed by atoms with van der Waals surface area (Å²) in [5.74, 6) is -0.132. The Morgan fingerprint density at radius 1 is 1.50 bits per heavy atom. The second-order valence-electron chi connectivity index (χ2n) is 5.50. The molecule has 1 aliphatic rings. The molecule has 20 heavy (non-hydrogen) atoms. The van der Waals surface area contributed by atoms with Crippen molar-refractivity contribution < 1.29 is 9.13 Å². The molecule has 1 aliphatic heterocycles. The van der Waals surface area contributed by atoms with E-state index in [0.29, 0.717) is 11.6 Å². The Morgan fingerprint density at radius 3 is 2.90 bits per heavy atom. The maximum absolute atomic E-state index is 13.9. The topological polar surface area (TPSA) is 24.5 Å². The number of hydrogen-bond acceptors (Lipinski definition) is 3. The van der Waals surface area contributed by atoms with Crippen molar-refractivity contribution in [1.29, 1.82) is 0 Å². The van der Waals surface area contributed by atoms with Gasteiger partial charge in [0.25, 0.3) is 0 Å². The van der Waals surface area contributed by atoms with E-state index in [-0.39, 0.29) is 11.9 Å². The Hall–Kier alpha value is -1.13. The van der Waals surface area contributed by atoms with Crippen molar-refractivity contribution >= 4 is 5.69 Å². The Bertz CT molecular complexity index is 464. The van der Waals surface area contributed by atoms with Gasteiger partial charge in [0, 0.05) is 18.3 Å². The van der Waals surface area contributed by atoms with Gasteiger partial charge in [-0.1, -0.05) is 6.92 Å². The van der Waals surface area contributed by atoms with Crippen molar-refractivity contribution in [3.8, 4) is 0 Å². The largest absolute Gasteiger partial charge is 0.377 e. The van der Waals surface area contributed by atoms with Crippen LogP contribution in [0.2, 0.25) is 0 Å². The molecule has 0 amide bonds. The van der Waals surface area contributed by atoms with Gasteiger partial charge in [0.1, 0.15) is 5.82 Å². The van der Waals surface area contributed by atoms with Crippen LogP contribution in [0.5, 0.6) is 0 Å². The van der Waals surface area contributed by atoms with Gasteiger partial charge >= 0.3 is 0 Å². The molecule has 1 N–H and O–H groups in total. The zero-order chi connectivity index (χ0) is 14.7. The Balaban J connectivity index is 2.44. The first-order valence-electron chi connectivity index (χ1n) is 7.40. The molecular formula is C16H25FN2O. The fraction of sp³-hybridized carbons (Fsp3) is 0.625. The molecule has 0 radical (unpaired) electrons. The second kappa shape index (κ2) is 6.55. The predicted molar refractivity (Wildman–Crippen MR) is 80.9 cm³/mol. The fourth-order valence-electron chi connectivity index (χ4n) is 2.74. The van der Waals surface area contributed by atoms with Crippen molar-refractivity contribution in [3.63, 3.8) is 0 Å². The standard InChI is InChI=1S/C16H25FN2O/c1-5-13-10-20-7-6-19(13)16-8-11(2)15(17)9-14(16)12(3)18-4/h8-9,12-13,18H,5-7,10H2,1-4H3. The van der Waals surface area contributed by atoms with E-state index >= 15 is 0 Å². The number of nitrogens with one attached hydrogen (secondary N) is 1. The van der Waals surface area contributed by atoms with Crippen LogP contribution < -0.4 is 10.2 Å². The summed E-state index contributed by atoms with van der Waals surface area (Å²) >= 11 is 0. The number of rotatable bonds is 4. The summed E-state index contributed by atoms with van der Waals surface area (Å²) in [4.78, 5) is 2.37. The average molecular weight is 280 g/mol. The van der Waals surface area contributed by atoms with E-state index in [2.05, 4.69) is 24.1 Å². The number of hydrogen-bond donors (Lipinski definition) is 1. The van der Waals surface area contributed by atoms with E-state index in [1.807, 2.05) is 20.0 Å². The average Bonchev–Trinajstić information content (AvgIpc) is 2.48. The molecule has 1 heterocycles. The summed E-state index contributed by atoms with van der Waals surface area (Å²) in [5.41, 5.74) is 2.87. The highest BCUT2D eigenvalue weighted by atomic mass is 19.1. The van der Waals surface area contributed by atoms with Crippen LogP contribution in [0, 0.1) is 12.7 Å². The Labute approximate surface area is 121 Å². The molecule has 3 nitrogen and oxygen atoms in total. The minimum Gasteiger partial charge on any atom is -0.377 e. The molecule has 0 bridgehead atoms. The molecule has 1 fully saturated rings. The smallest absolute Gasteiger partial charge is 0.126 e. The first-order chi connectivity index (χ1) is 9.58. The van der Waals surface area contributed by atoms with Crippen molar-refractivity contribution in [2.24, 2.45) is 0 Å². The van der Waals surface area contributed by atoms with E-state index in [0.717, 1.165) is 37.4 Å². The van der Waals surface area contributed by atoms with Crippen molar-refractivity contribution in [1.82, 2.24) is 5.32 Å². The van der Waals surface area contributed by atoms with E-state index in [1.54, 1.807) is 6.07 Å². The molecule has 2 atom stereocenters. The molecule has 2 rings (SSSR count).